The predicted molar refractivity (Wildman–Crippen MR) is 151 cm³/mol. The molecule has 2 amide bonds. The minimum Gasteiger partial charge on any atom is -0.427 e. The van der Waals surface area contributed by atoms with Gasteiger partial charge < -0.3 is 25.7 Å². The summed E-state index contributed by atoms with van der Waals surface area (Å²) in [7, 11) is 0. The first-order valence-electron chi connectivity index (χ1n) is 11.9. The molecule has 0 aliphatic carbocycles. The SMILES string of the molecule is CC(C)(C)C(=O)OCOC(=O)C1=C(/C=C/C=C/c2csnn2)CS[C@@H]2[C@H](NC(=O)/C(=N\O)c3csc(N)n3)C(=O)N12. The number of allylic oxidation sites excluding steroid dienone is 3. The number of carbonyl (C=O) groups is 4. The molecular formula is C24H25N7O7S3. The number of thiazole rings is 1. The summed E-state index contributed by atoms with van der Waals surface area (Å²) >= 11 is 3.57. The minimum atomic E-state index is -1.02. The monoisotopic (exact) mass is 619 g/mol. The van der Waals surface area contributed by atoms with E-state index >= 15 is 0 Å². The second kappa shape index (κ2) is 12.6. The number of nitrogens with zero attached hydrogens (tertiary/aromatic N) is 5. The van der Waals surface area contributed by atoms with Crippen LogP contribution in [0.2, 0.25) is 0 Å². The van der Waals surface area contributed by atoms with Crippen molar-refractivity contribution in [3.63, 3.8) is 0 Å². The van der Waals surface area contributed by atoms with E-state index in [0.717, 1.165) is 11.3 Å². The number of carbonyl (C=O) groups excluding carboxylic acids is 4. The van der Waals surface area contributed by atoms with E-state index in [4.69, 9.17) is 15.2 Å². The number of hydrogen-bond donors (Lipinski definition) is 3. The van der Waals surface area contributed by atoms with Crippen molar-refractivity contribution in [1.29, 1.82) is 0 Å². The summed E-state index contributed by atoms with van der Waals surface area (Å²) in [6, 6.07) is -1.02. The maximum atomic E-state index is 13.2. The molecule has 4 N–H and O–H groups in total. The van der Waals surface area contributed by atoms with E-state index in [0.29, 0.717) is 17.0 Å². The topological polar surface area (TPSA) is 199 Å². The van der Waals surface area contributed by atoms with Gasteiger partial charge in [-0.3, -0.25) is 19.3 Å². The summed E-state index contributed by atoms with van der Waals surface area (Å²) in [6.45, 7) is 4.33. The van der Waals surface area contributed by atoms with Crippen molar-refractivity contribution in [2.24, 2.45) is 10.6 Å². The molecule has 0 spiro atoms. The average Bonchev–Trinajstić information content (AvgIpc) is 3.61. The lowest BCUT2D eigenvalue weighted by Gasteiger charge is -2.49. The lowest BCUT2D eigenvalue weighted by molar-refractivity contribution is -0.173. The van der Waals surface area contributed by atoms with E-state index < -0.39 is 53.1 Å². The van der Waals surface area contributed by atoms with Crippen molar-refractivity contribution in [2.45, 2.75) is 32.2 Å². The Labute approximate surface area is 246 Å². The first-order valence-corrected chi connectivity index (χ1v) is 14.7. The first kappa shape index (κ1) is 29.9. The maximum absolute atomic E-state index is 13.2. The lowest BCUT2D eigenvalue weighted by Crippen LogP contribution is -2.71. The molecular weight excluding hydrogens is 595 g/mol. The van der Waals surface area contributed by atoms with Gasteiger partial charge in [0.1, 0.15) is 22.8 Å². The Morgan fingerprint density at radius 3 is 2.63 bits per heavy atom. The fourth-order valence-corrected chi connectivity index (χ4v) is 5.86. The van der Waals surface area contributed by atoms with Gasteiger partial charge in [0.25, 0.3) is 11.8 Å². The van der Waals surface area contributed by atoms with Crippen LogP contribution in [-0.4, -0.2) is 78.1 Å². The number of oxime groups is 1. The number of nitrogens with two attached hydrogens (primary N) is 1. The lowest BCUT2D eigenvalue weighted by atomic mass is 9.98. The predicted octanol–water partition coefficient (Wildman–Crippen LogP) is 1.77. The van der Waals surface area contributed by atoms with Crippen LogP contribution in [0, 0.1) is 5.41 Å². The van der Waals surface area contributed by atoms with Crippen molar-refractivity contribution in [1.82, 2.24) is 24.8 Å². The number of hydrogen-bond acceptors (Lipinski definition) is 15. The van der Waals surface area contributed by atoms with Gasteiger partial charge in [0.05, 0.1) is 11.1 Å². The smallest absolute Gasteiger partial charge is 0.358 e. The van der Waals surface area contributed by atoms with Crippen LogP contribution in [-0.2, 0) is 28.7 Å². The Morgan fingerprint density at radius 1 is 1.24 bits per heavy atom. The van der Waals surface area contributed by atoms with Crippen molar-refractivity contribution in [3.8, 4) is 0 Å². The molecule has 41 heavy (non-hydrogen) atoms. The van der Waals surface area contributed by atoms with E-state index in [9.17, 15) is 24.4 Å². The molecule has 1 fully saturated rings. The Hall–Kier alpha value is -4.09. The van der Waals surface area contributed by atoms with Crippen molar-refractivity contribution in [3.05, 3.63) is 51.6 Å². The van der Waals surface area contributed by atoms with Gasteiger partial charge in [-0.25, -0.2) is 9.78 Å². The first-order chi connectivity index (χ1) is 19.5. The number of aromatic nitrogens is 3. The number of amides is 2. The zero-order chi connectivity index (χ0) is 29.7. The molecule has 4 rings (SSSR count). The number of nitrogen functional groups attached to an aromatic ring is 1. The number of thioether (sulfide) groups is 1. The molecule has 2 aliphatic heterocycles. The highest BCUT2D eigenvalue weighted by Gasteiger charge is 2.54. The molecule has 2 aromatic rings. The molecule has 0 radical (unpaired) electrons. The highest BCUT2D eigenvalue weighted by atomic mass is 32.2. The maximum Gasteiger partial charge on any atom is 0.358 e. The Morgan fingerprint density at radius 2 is 2.00 bits per heavy atom. The third-order valence-corrected chi connectivity index (χ3v) is 8.10. The van der Waals surface area contributed by atoms with E-state index in [-0.39, 0.29) is 16.5 Å². The Kier molecular flexibility index (Phi) is 9.19. The summed E-state index contributed by atoms with van der Waals surface area (Å²) < 4.78 is 14.0. The number of esters is 2. The second-order valence-electron chi connectivity index (χ2n) is 9.53. The van der Waals surface area contributed by atoms with Crippen LogP contribution >= 0.6 is 34.6 Å². The van der Waals surface area contributed by atoms with Crippen molar-refractivity contribution < 1.29 is 33.9 Å². The quantitative estimate of drug-likeness (QED) is 0.0700. The van der Waals surface area contributed by atoms with Gasteiger partial charge in [0.15, 0.2) is 10.8 Å². The molecule has 1 saturated heterocycles. The molecule has 0 bridgehead atoms. The molecule has 4 heterocycles. The summed E-state index contributed by atoms with van der Waals surface area (Å²) in [5, 5.41) is 21.5. The fourth-order valence-electron chi connectivity index (χ4n) is 3.57. The molecule has 14 nitrogen and oxygen atoms in total. The fraction of sp³-hybridized carbons (Fsp3) is 0.333. The number of rotatable bonds is 9. The Bertz CT molecular complexity index is 1460. The molecule has 0 aromatic carbocycles. The summed E-state index contributed by atoms with van der Waals surface area (Å²) in [5.41, 5.74) is 5.54. The zero-order valence-electron chi connectivity index (χ0n) is 22.0. The molecule has 2 aromatic heterocycles. The third-order valence-electron chi connectivity index (χ3n) is 5.60. The van der Waals surface area contributed by atoms with Crippen LogP contribution < -0.4 is 11.1 Å². The molecule has 216 valence electrons. The van der Waals surface area contributed by atoms with Crippen LogP contribution in [0.5, 0.6) is 0 Å². The number of ether oxygens (including phenoxy) is 2. The summed E-state index contributed by atoms with van der Waals surface area (Å²) in [6.07, 6.45) is 6.76. The van der Waals surface area contributed by atoms with Gasteiger partial charge in [-0.2, -0.15) is 0 Å². The largest absolute Gasteiger partial charge is 0.427 e. The Balaban J connectivity index is 1.52. The van der Waals surface area contributed by atoms with E-state index in [2.05, 4.69) is 25.0 Å². The van der Waals surface area contributed by atoms with Crippen LogP contribution in [0.1, 0.15) is 32.2 Å². The number of anilines is 1. The number of fused-ring (bicyclic) bond motifs is 1. The van der Waals surface area contributed by atoms with Crippen molar-refractivity contribution in [2.75, 3.05) is 18.3 Å². The average molecular weight is 620 g/mol. The molecule has 17 heteroatoms. The van der Waals surface area contributed by atoms with E-state index in [1.807, 2.05) is 0 Å². The summed E-state index contributed by atoms with van der Waals surface area (Å²) in [4.78, 5) is 56.4. The van der Waals surface area contributed by atoms with Gasteiger partial charge >= 0.3 is 11.9 Å². The highest BCUT2D eigenvalue weighted by Crippen LogP contribution is 2.41. The summed E-state index contributed by atoms with van der Waals surface area (Å²) in [5.74, 6) is -2.58. The van der Waals surface area contributed by atoms with Gasteiger partial charge in [0.2, 0.25) is 6.79 Å². The van der Waals surface area contributed by atoms with Gasteiger partial charge in [-0.05, 0) is 44.0 Å². The minimum absolute atomic E-state index is 0.0423. The van der Waals surface area contributed by atoms with Crippen LogP contribution in [0.4, 0.5) is 5.13 Å². The standard InChI is InChI=1S/C24H25N7O7S3/c1-24(2,3)22(35)38-11-37-21(34)17-12(6-4-5-7-13-9-41-30-28-13)8-39-20-16(19(33)31(17)20)27-18(32)15(29-36)14-10-40-23(25)26-14/h4-7,9-10,16,20,36H,8,11H2,1-3H3,(H2,25,26)(H,27,32)/b6-4+,7-5+,29-15-/t16-,20-/m1/s1. The zero-order valence-corrected chi connectivity index (χ0v) is 24.4. The molecule has 0 saturated carbocycles. The molecule has 2 aliphatic rings. The third kappa shape index (κ3) is 6.80. The normalized spacial score (nSPS) is 19.3. The van der Waals surface area contributed by atoms with Crippen molar-refractivity contribution >= 4 is 75.3 Å². The number of nitrogens with one attached hydrogen (secondary N) is 1. The van der Waals surface area contributed by atoms with Crippen LogP contribution in [0.25, 0.3) is 6.08 Å². The number of β-lactam (4-membered cyclic amide) rings is 1. The van der Waals surface area contributed by atoms with Crippen LogP contribution in [0.15, 0.2) is 45.4 Å². The molecule has 2 atom stereocenters. The van der Waals surface area contributed by atoms with Gasteiger partial charge in [-0.1, -0.05) is 27.9 Å². The van der Waals surface area contributed by atoms with E-state index in [1.54, 1.807) is 50.5 Å². The van der Waals surface area contributed by atoms with Crippen LogP contribution in [0.3, 0.4) is 0 Å². The van der Waals surface area contributed by atoms with E-state index in [1.165, 1.54) is 33.6 Å². The van der Waals surface area contributed by atoms with Gasteiger partial charge in [-0.15, -0.1) is 28.2 Å². The molecule has 0 unspecified atom stereocenters. The highest BCUT2D eigenvalue weighted by molar-refractivity contribution is 8.00. The second-order valence-corrected chi connectivity index (χ2v) is 12.1. The van der Waals surface area contributed by atoms with Gasteiger partial charge in [0, 0.05) is 16.5 Å².